The average Bonchev–Trinajstić information content (AvgIpc) is 3.37. The van der Waals surface area contributed by atoms with Crippen LogP contribution in [-0.4, -0.2) is 22.2 Å². The summed E-state index contributed by atoms with van der Waals surface area (Å²) >= 11 is 1.20. The van der Waals surface area contributed by atoms with Crippen molar-refractivity contribution in [2.75, 3.05) is 7.11 Å². The van der Waals surface area contributed by atoms with Crippen LogP contribution in [0.25, 0.3) is 22.0 Å². The largest absolute Gasteiger partial charge is 0.496 e. The molecule has 4 rings (SSSR count). The molecule has 0 radical (unpaired) electrons. The number of alkyl halides is 3. The third kappa shape index (κ3) is 4.60. The van der Waals surface area contributed by atoms with Gasteiger partial charge < -0.3 is 9.47 Å². The van der Waals surface area contributed by atoms with Crippen molar-refractivity contribution in [1.29, 1.82) is 0 Å². The summed E-state index contributed by atoms with van der Waals surface area (Å²) in [5, 5.41) is 4.07. The summed E-state index contributed by atoms with van der Waals surface area (Å²) in [5.41, 5.74) is 0.397. The summed E-state index contributed by atoms with van der Waals surface area (Å²) in [6.07, 6.45) is -4.43. The van der Waals surface area contributed by atoms with Gasteiger partial charge in [-0.2, -0.15) is 13.2 Å². The van der Waals surface area contributed by atoms with Gasteiger partial charge in [-0.25, -0.2) is 14.2 Å². The first-order valence-electron chi connectivity index (χ1n) is 9.37. The molecule has 33 heavy (non-hydrogen) atoms. The Balaban J connectivity index is 1.62. The van der Waals surface area contributed by atoms with Crippen molar-refractivity contribution in [2.45, 2.75) is 19.7 Å². The molecule has 12 heteroatoms. The number of H-pyrrole nitrogens is 1. The quantitative estimate of drug-likeness (QED) is 0.381. The van der Waals surface area contributed by atoms with E-state index < -0.39 is 23.3 Å². The molecule has 0 aliphatic heterocycles. The Morgan fingerprint density at radius 2 is 1.88 bits per heavy atom. The molecule has 0 aliphatic rings. The normalized spacial score (nSPS) is 11.6. The van der Waals surface area contributed by atoms with E-state index in [-0.39, 0.29) is 29.5 Å². The minimum atomic E-state index is -4.43. The zero-order valence-corrected chi connectivity index (χ0v) is 17.9. The minimum Gasteiger partial charge on any atom is -0.496 e. The van der Waals surface area contributed by atoms with Crippen molar-refractivity contribution in [3.8, 4) is 33.5 Å². The van der Waals surface area contributed by atoms with Gasteiger partial charge in [0.15, 0.2) is 17.4 Å². The van der Waals surface area contributed by atoms with Crippen LogP contribution in [0, 0.1) is 12.7 Å². The standard InChI is InChI=1S/C21H15F4N3O4S/c1-10-15(33-19(26-10)11-3-5-12(6-4-11)21(23,24)25)9-31-17-13(22)7-8-14(30-2)16(17)18-27-20(29)32-28-18/h3-8H,9H2,1-2H3,(H,27,28,29). The highest BCUT2D eigenvalue weighted by Gasteiger charge is 2.30. The number of nitrogens with one attached hydrogen (secondary N) is 1. The van der Waals surface area contributed by atoms with Crippen LogP contribution in [-0.2, 0) is 12.8 Å². The van der Waals surface area contributed by atoms with Crippen LogP contribution < -0.4 is 15.2 Å². The molecular formula is C21H15F4N3O4S. The van der Waals surface area contributed by atoms with Crippen molar-refractivity contribution in [3.63, 3.8) is 0 Å². The van der Waals surface area contributed by atoms with Gasteiger partial charge in [-0.05, 0) is 31.2 Å². The summed E-state index contributed by atoms with van der Waals surface area (Å²) < 4.78 is 68.5. The van der Waals surface area contributed by atoms with Gasteiger partial charge in [0.25, 0.3) is 0 Å². The fourth-order valence-corrected chi connectivity index (χ4v) is 4.02. The number of hydrogen-bond donors (Lipinski definition) is 1. The summed E-state index contributed by atoms with van der Waals surface area (Å²) in [4.78, 5) is 18.7. The van der Waals surface area contributed by atoms with E-state index in [0.717, 1.165) is 18.2 Å². The van der Waals surface area contributed by atoms with E-state index in [2.05, 4.69) is 19.6 Å². The van der Waals surface area contributed by atoms with Gasteiger partial charge in [0.1, 0.15) is 22.9 Å². The second-order valence-corrected chi connectivity index (χ2v) is 7.87. The summed E-state index contributed by atoms with van der Waals surface area (Å²) in [5.74, 6) is -1.65. The smallest absolute Gasteiger partial charge is 0.439 e. The molecule has 0 fully saturated rings. The van der Waals surface area contributed by atoms with Gasteiger partial charge in [0.2, 0.25) is 0 Å². The van der Waals surface area contributed by atoms with Crippen molar-refractivity contribution in [2.24, 2.45) is 0 Å². The number of ether oxygens (including phenoxy) is 2. The first-order valence-corrected chi connectivity index (χ1v) is 10.2. The highest BCUT2D eigenvalue weighted by molar-refractivity contribution is 7.15. The molecule has 1 N–H and O–H groups in total. The number of methoxy groups -OCH3 is 1. The van der Waals surface area contributed by atoms with Crippen molar-refractivity contribution < 1.29 is 31.6 Å². The summed E-state index contributed by atoms with van der Waals surface area (Å²) in [7, 11) is 1.36. The number of nitrogens with zero attached hydrogens (tertiary/aromatic N) is 2. The molecule has 0 unspecified atom stereocenters. The molecule has 0 saturated heterocycles. The lowest BCUT2D eigenvalue weighted by molar-refractivity contribution is -0.137. The molecule has 2 heterocycles. The van der Waals surface area contributed by atoms with E-state index >= 15 is 0 Å². The minimum absolute atomic E-state index is 0.0634. The SMILES string of the molecule is COc1ccc(F)c(OCc2sc(-c3ccc(C(F)(F)F)cc3)nc2C)c1-c1noc(=O)[nH]1. The maximum Gasteiger partial charge on any atom is 0.439 e. The Morgan fingerprint density at radius 3 is 2.48 bits per heavy atom. The lowest BCUT2D eigenvalue weighted by Crippen LogP contribution is -2.03. The van der Waals surface area contributed by atoms with Gasteiger partial charge in [0, 0.05) is 5.56 Å². The zero-order valence-electron chi connectivity index (χ0n) is 17.1. The summed E-state index contributed by atoms with van der Waals surface area (Å²) in [6, 6.07) is 7.14. The van der Waals surface area contributed by atoms with Crippen LogP contribution >= 0.6 is 11.3 Å². The van der Waals surface area contributed by atoms with E-state index in [9.17, 15) is 22.4 Å². The topological polar surface area (TPSA) is 90.2 Å². The molecular weight excluding hydrogens is 466 g/mol. The van der Waals surface area contributed by atoms with Crippen molar-refractivity contribution in [3.05, 3.63) is 68.9 Å². The Morgan fingerprint density at radius 1 is 1.15 bits per heavy atom. The van der Waals surface area contributed by atoms with Crippen LogP contribution in [0.15, 0.2) is 45.7 Å². The number of aromatic nitrogens is 3. The van der Waals surface area contributed by atoms with Gasteiger partial charge in [-0.15, -0.1) is 11.3 Å². The van der Waals surface area contributed by atoms with Gasteiger partial charge in [0.05, 0.1) is 23.2 Å². The van der Waals surface area contributed by atoms with Crippen LogP contribution in [0.3, 0.4) is 0 Å². The number of aryl methyl sites for hydroxylation is 1. The Bertz CT molecular complexity index is 1340. The number of thiazole rings is 1. The predicted molar refractivity (Wildman–Crippen MR) is 111 cm³/mol. The average molecular weight is 481 g/mol. The second kappa shape index (κ2) is 8.70. The van der Waals surface area contributed by atoms with E-state index in [1.54, 1.807) is 6.92 Å². The molecule has 2 aromatic carbocycles. The highest BCUT2D eigenvalue weighted by Crippen LogP contribution is 2.39. The fourth-order valence-electron chi connectivity index (χ4n) is 3.04. The molecule has 0 aliphatic carbocycles. The predicted octanol–water partition coefficient (Wildman–Crippen LogP) is 5.21. The van der Waals surface area contributed by atoms with Crippen LogP contribution in [0.4, 0.5) is 17.6 Å². The third-order valence-electron chi connectivity index (χ3n) is 4.67. The molecule has 0 amide bonds. The zero-order chi connectivity index (χ0) is 23.8. The molecule has 4 aromatic rings. The third-order valence-corrected chi connectivity index (χ3v) is 5.85. The Labute approximate surface area is 187 Å². The van der Waals surface area contributed by atoms with Gasteiger partial charge in [-0.1, -0.05) is 17.3 Å². The fraction of sp³-hybridized carbons (Fsp3) is 0.190. The van der Waals surface area contributed by atoms with Crippen LogP contribution in [0.5, 0.6) is 11.5 Å². The molecule has 0 bridgehead atoms. The number of hydrogen-bond acceptors (Lipinski definition) is 7. The monoisotopic (exact) mass is 481 g/mol. The van der Waals surface area contributed by atoms with Crippen LogP contribution in [0.2, 0.25) is 0 Å². The highest BCUT2D eigenvalue weighted by atomic mass is 32.1. The molecule has 0 spiro atoms. The van der Waals surface area contributed by atoms with Gasteiger partial charge in [-0.3, -0.25) is 9.51 Å². The van der Waals surface area contributed by atoms with Crippen molar-refractivity contribution in [1.82, 2.24) is 15.1 Å². The van der Waals surface area contributed by atoms with E-state index in [1.165, 1.54) is 36.6 Å². The first kappa shape index (κ1) is 22.5. The summed E-state index contributed by atoms with van der Waals surface area (Å²) in [6.45, 7) is 1.62. The second-order valence-electron chi connectivity index (χ2n) is 6.79. The number of aromatic amines is 1. The maximum absolute atomic E-state index is 14.6. The molecule has 2 aromatic heterocycles. The molecule has 7 nitrogen and oxygen atoms in total. The number of halogens is 4. The molecule has 0 saturated carbocycles. The van der Waals surface area contributed by atoms with E-state index in [1.807, 2.05) is 0 Å². The lowest BCUT2D eigenvalue weighted by atomic mass is 10.1. The number of rotatable bonds is 6. The van der Waals surface area contributed by atoms with E-state index in [0.29, 0.717) is 21.1 Å². The molecule has 0 atom stereocenters. The number of benzene rings is 2. The first-order chi connectivity index (χ1) is 15.7. The van der Waals surface area contributed by atoms with Crippen LogP contribution in [0.1, 0.15) is 16.1 Å². The van der Waals surface area contributed by atoms with Gasteiger partial charge >= 0.3 is 11.9 Å². The van der Waals surface area contributed by atoms with Crippen molar-refractivity contribution >= 4 is 11.3 Å². The lowest BCUT2D eigenvalue weighted by Gasteiger charge is -2.13. The Hall–Kier alpha value is -3.67. The molecule has 172 valence electrons. The maximum atomic E-state index is 14.6. The van der Waals surface area contributed by atoms with E-state index in [4.69, 9.17) is 9.47 Å². The Kier molecular flexibility index (Phi) is 5.93.